The maximum absolute atomic E-state index is 5.93. The van der Waals surface area contributed by atoms with Crippen molar-refractivity contribution in [3.05, 3.63) is 21.4 Å². The Morgan fingerprint density at radius 3 is 3.08 bits per heavy atom. The third kappa shape index (κ3) is 1.19. The molecule has 1 aromatic heterocycles. The molecule has 1 nitrogen and oxygen atoms in total. The highest BCUT2D eigenvalue weighted by Crippen LogP contribution is 2.40. The fraction of sp³-hybridized carbons (Fsp3) is 0.600. The maximum atomic E-state index is 5.93. The number of hydrogen-bond donors (Lipinski definition) is 1. The predicted molar refractivity (Wildman–Crippen MR) is 53.8 cm³/mol. The Hall–Kier alpha value is -0.340. The van der Waals surface area contributed by atoms with Crippen LogP contribution in [0.2, 0.25) is 0 Å². The lowest BCUT2D eigenvalue weighted by atomic mass is 10.0. The van der Waals surface area contributed by atoms with Gasteiger partial charge in [-0.15, -0.1) is 11.3 Å². The van der Waals surface area contributed by atoms with Gasteiger partial charge in [-0.25, -0.2) is 0 Å². The van der Waals surface area contributed by atoms with Crippen molar-refractivity contribution in [2.75, 3.05) is 0 Å². The zero-order valence-corrected chi connectivity index (χ0v) is 8.45. The fourth-order valence-corrected chi connectivity index (χ4v) is 3.36. The molecule has 1 heterocycles. The monoisotopic (exact) mass is 181 g/mol. The van der Waals surface area contributed by atoms with Gasteiger partial charge in [-0.3, -0.25) is 0 Å². The summed E-state index contributed by atoms with van der Waals surface area (Å²) in [5.74, 6) is 0.638. The molecule has 1 aromatic rings. The summed E-state index contributed by atoms with van der Waals surface area (Å²) < 4.78 is 0. The Kier molecular flexibility index (Phi) is 1.97. The summed E-state index contributed by atoms with van der Waals surface area (Å²) in [5, 5.41) is 0. The van der Waals surface area contributed by atoms with Crippen molar-refractivity contribution >= 4 is 11.3 Å². The van der Waals surface area contributed by atoms with E-state index in [0.29, 0.717) is 12.0 Å². The second-order valence-electron chi connectivity index (χ2n) is 3.75. The van der Waals surface area contributed by atoms with E-state index >= 15 is 0 Å². The zero-order valence-electron chi connectivity index (χ0n) is 7.63. The minimum Gasteiger partial charge on any atom is -0.327 e. The summed E-state index contributed by atoms with van der Waals surface area (Å²) in [7, 11) is 0. The molecule has 1 aliphatic rings. The summed E-state index contributed by atoms with van der Waals surface area (Å²) in [6.07, 6.45) is 2.50. The van der Waals surface area contributed by atoms with Gasteiger partial charge in [-0.2, -0.15) is 0 Å². The standard InChI is InChI=1S/C10H15NS/c1-6-5-8-3-4-9(7(2)11)10(8)12-6/h5,7,9H,3-4,11H2,1-2H3. The summed E-state index contributed by atoms with van der Waals surface area (Å²) in [6.45, 7) is 4.30. The number of rotatable bonds is 1. The smallest absolute Gasteiger partial charge is 0.0126 e. The minimum absolute atomic E-state index is 0.323. The highest BCUT2D eigenvalue weighted by atomic mass is 32.1. The largest absolute Gasteiger partial charge is 0.327 e. The third-order valence-electron chi connectivity index (χ3n) is 2.66. The van der Waals surface area contributed by atoms with Crippen molar-refractivity contribution < 1.29 is 0 Å². The molecule has 2 rings (SSSR count). The summed E-state index contributed by atoms with van der Waals surface area (Å²) in [5.41, 5.74) is 7.48. The van der Waals surface area contributed by atoms with Crippen LogP contribution < -0.4 is 5.73 Å². The Morgan fingerprint density at radius 2 is 2.42 bits per heavy atom. The van der Waals surface area contributed by atoms with Crippen LogP contribution in [-0.4, -0.2) is 6.04 Å². The molecule has 0 aromatic carbocycles. The van der Waals surface area contributed by atoms with E-state index in [4.69, 9.17) is 5.73 Å². The number of aryl methyl sites for hydroxylation is 2. The molecule has 12 heavy (non-hydrogen) atoms. The van der Waals surface area contributed by atoms with Crippen LogP contribution in [0.1, 0.15) is 34.6 Å². The molecule has 2 N–H and O–H groups in total. The highest BCUT2D eigenvalue weighted by molar-refractivity contribution is 7.12. The first-order valence-corrected chi connectivity index (χ1v) is 5.35. The van der Waals surface area contributed by atoms with Gasteiger partial charge >= 0.3 is 0 Å². The number of thiophene rings is 1. The maximum Gasteiger partial charge on any atom is 0.0126 e. The van der Waals surface area contributed by atoms with E-state index < -0.39 is 0 Å². The molecule has 0 bridgehead atoms. The lowest BCUT2D eigenvalue weighted by molar-refractivity contribution is 0.570. The minimum atomic E-state index is 0.323. The molecule has 66 valence electrons. The molecule has 1 aliphatic carbocycles. The van der Waals surface area contributed by atoms with E-state index in [0.717, 1.165) is 0 Å². The van der Waals surface area contributed by atoms with Crippen molar-refractivity contribution in [3.8, 4) is 0 Å². The van der Waals surface area contributed by atoms with Crippen molar-refractivity contribution in [2.24, 2.45) is 5.73 Å². The molecule has 2 atom stereocenters. The van der Waals surface area contributed by atoms with Gasteiger partial charge in [0.1, 0.15) is 0 Å². The Morgan fingerprint density at radius 1 is 1.67 bits per heavy atom. The predicted octanol–water partition coefficient (Wildman–Crippen LogP) is 2.43. The van der Waals surface area contributed by atoms with E-state index in [2.05, 4.69) is 19.9 Å². The quantitative estimate of drug-likeness (QED) is 0.707. The average Bonchev–Trinajstić information content (AvgIpc) is 2.43. The number of hydrogen-bond acceptors (Lipinski definition) is 2. The van der Waals surface area contributed by atoms with Gasteiger partial charge in [0.25, 0.3) is 0 Å². The van der Waals surface area contributed by atoms with Crippen molar-refractivity contribution in [1.82, 2.24) is 0 Å². The Labute approximate surface area is 77.6 Å². The first-order chi connectivity index (χ1) is 5.68. The fourth-order valence-electron chi connectivity index (χ4n) is 2.04. The van der Waals surface area contributed by atoms with Crippen LogP contribution in [0.4, 0.5) is 0 Å². The van der Waals surface area contributed by atoms with Crippen LogP contribution in [0.15, 0.2) is 6.07 Å². The molecule has 2 unspecified atom stereocenters. The third-order valence-corrected chi connectivity index (χ3v) is 3.89. The summed E-state index contributed by atoms with van der Waals surface area (Å²) in [4.78, 5) is 2.99. The van der Waals surface area contributed by atoms with Gasteiger partial charge < -0.3 is 5.73 Å². The van der Waals surface area contributed by atoms with Gasteiger partial charge in [0.05, 0.1) is 0 Å². The van der Waals surface area contributed by atoms with Gasteiger partial charge in [-0.1, -0.05) is 0 Å². The van der Waals surface area contributed by atoms with Gasteiger partial charge in [-0.05, 0) is 38.3 Å². The van der Waals surface area contributed by atoms with E-state index in [1.54, 1.807) is 10.4 Å². The van der Waals surface area contributed by atoms with Crippen molar-refractivity contribution in [3.63, 3.8) is 0 Å². The van der Waals surface area contributed by atoms with E-state index in [-0.39, 0.29) is 0 Å². The molecule has 0 aliphatic heterocycles. The molecule has 0 fully saturated rings. The first kappa shape index (κ1) is 8.27. The number of nitrogens with two attached hydrogens (primary N) is 1. The molecular weight excluding hydrogens is 166 g/mol. The zero-order chi connectivity index (χ0) is 8.72. The highest BCUT2D eigenvalue weighted by Gasteiger charge is 2.27. The summed E-state index contributed by atoms with van der Waals surface area (Å²) >= 11 is 1.93. The van der Waals surface area contributed by atoms with Crippen LogP contribution in [0.3, 0.4) is 0 Å². The number of fused-ring (bicyclic) bond motifs is 1. The molecule has 0 amide bonds. The SMILES string of the molecule is Cc1cc2c(s1)C(C(C)N)CC2. The van der Waals surface area contributed by atoms with Crippen molar-refractivity contribution in [1.29, 1.82) is 0 Å². The van der Waals surface area contributed by atoms with E-state index in [1.807, 2.05) is 11.3 Å². The molecular formula is C10H15NS. The van der Waals surface area contributed by atoms with Crippen LogP contribution in [0, 0.1) is 6.92 Å². The van der Waals surface area contributed by atoms with Crippen LogP contribution in [0.25, 0.3) is 0 Å². The van der Waals surface area contributed by atoms with Crippen LogP contribution in [-0.2, 0) is 6.42 Å². The van der Waals surface area contributed by atoms with Gasteiger partial charge in [0.2, 0.25) is 0 Å². The Bertz CT molecular complexity index is 288. The molecule has 0 radical (unpaired) electrons. The van der Waals surface area contributed by atoms with Crippen molar-refractivity contribution in [2.45, 2.75) is 38.6 Å². The molecule has 0 saturated heterocycles. The van der Waals surface area contributed by atoms with Crippen LogP contribution >= 0.6 is 11.3 Å². The average molecular weight is 181 g/mol. The van der Waals surface area contributed by atoms with Gasteiger partial charge in [0.15, 0.2) is 0 Å². The summed E-state index contributed by atoms with van der Waals surface area (Å²) in [6, 6.07) is 2.65. The lowest BCUT2D eigenvalue weighted by Gasteiger charge is -2.13. The van der Waals surface area contributed by atoms with E-state index in [1.165, 1.54) is 17.7 Å². The van der Waals surface area contributed by atoms with Crippen LogP contribution in [0.5, 0.6) is 0 Å². The second kappa shape index (κ2) is 2.86. The molecule has 0 saturated carbocycles. The Balaban J connectivity index is 2.34. The van der Waals surface area contributed by atoms with Gasteiger partial charge in [0, 0.05) is 21.7 Å². The molecule has 2 heteroatoms. The first-order valence-electron chi connectivity index (χ1n) is 4.53. The normalized spacial score (nSPS) is 24.1. The van der Waals surface area contributed by atoms with E-state index in [9.17, 15) is 0 Å². The second-order valence-corrected chi connectivity index (χ2v) is 5.04. The molecule has 0 spiro atoms. The topological polar surface area (TPSA) is 26.0 Å². The lowest BCUT2D eigenvalue weighted by Crippen LogP contribution is -2.22.